The van der Waals surface area contributed by atoms with Crippen molar-refractivity contribution in [2.24, 2.45) is 32.0 Å². The monoisotopic (exact) mass is 510 g/mol. The third-order valence-corrected chi connectivity index (χ3v) is 0. The van der Waals surface area contributed by atoms with E-state index in [-0.39, 0.29) is 308 Å². The molecule has 0 aliphatic rings. The third kappa shape index (κ3) is 541. The summed E-state index contributed by atoms with van der Waals surface area (Å²) in [7, 11) is 0. The second kappa shape index (κ2) is 156. The molecule has 0 aliphatic carbocycles. The van der Waals surface area contributed by atoms with Gasteiger partial charge in [0.05, 0.1) is 0 Å². The molecule has 0 aliphatic heterocycles. The van der Waals surface area contributed by atoms with Crippen molar-refractivity contribution in [3.05, 3.63) is 60.7 Å². The normalized spacial score (nSPS) is 3.00. The predicted molar refractivity (Wildman–Crippen MR) is 55.0 cm³/mol. The van der Waals surface area contributed by atoms with E-state index in [2.05, 4.69) is 0 Å². The molecule has 24 heavy (non-hydrogen) atoms. The molecule has 0 unspecified atom stereocenters. The summed E-state index contributed by atoms with van der Waals surface area (Å²) in [5, 5.41) is 54.0. The maximum Gasteiger partial charge on any atom is 1.00 e. The second-order valence-electron chi connectivity index (χ2n) is 0.447. The summed E-state index contributed by atoms with van der Waals surface area (Å²) in [6, 6.07) is 0. The predicted octanol–water partition coefficient (Wildman–Crippen LogP) is -16.5. The van der Waals surface area contributed by atoms with Gasteiger partial charge in [0.1, 0.15) is 0 Å². The number of hydrogen-bond acceptors (Lipinski definition) is 18. The van der Waals surface area contributed by atoms with Crippen molar-refractivity contribution in [3.8, 4) is 0 Å². The van der Waals surface area contributed by atoms with E-state index in [1.165, 1.54) is 0 Å². The quantitative estimate of drug-likeness (QED) is 0.166. The molecule has 24 heteroatoms. The van der Waals surface area contributed by atoms with Gasteiger partial charge in [-0.2, -0.15) is 0 Å². The molecule has 0 saturated heterocycles. The summed E-state index contributed by atoms with van der Waals surface area (Å²) in [6.45, 7) is 0. The molecule has 0 aromatic carbocycles. The number of rotatable bonds is 0. The minimum Gasteiger partial charge on any atom is -0.444 e. The Morgan fingerprint density at radius 2 is 0.292 bits per heavy atom. The molecule has 0 amide bonds. The van der Waals surface area contributed by atoms with Crippen molar-refractivity contribution < 1.29 is 308 Å². The fourth-order valence-corrected chi connectivity index (χ4v) is 0. The fourth-order valence-electron chi connectivity index (χ4n) is 0. The molecular formula is K6N6O12. The van der Waals surface area contributed by atoms with Gasteiger partial charge in [-0.1, -0.05) is 0 Å². The van der Waals surface area contributed by atoms with E-state index >= 15 is 0 Å². The maximum atomic E-state index is 8.00. The van der Waals surface area contributed by atoms with E-state index in [0.717, 1.165) is 32.0 Å². The van der Waals surface area contributed by atoms with Crippen LogP contribution in [0.25, 0.3) is 0 Å². The Labute approximate surface area is 388 Å². The standard InChI is InChI=1S/6K.6HNO2/c;;;;;;6*2-1-3/h;;;;;;6*(H,2,3)/q6*+1;;;;;;/p-6. The molecular weight excluding hydrogens is 511 g/mol. The first kappa shape index (κ1) is 77.7. The summed E-state index contributed by atoms with van der Waals surface area (Å²) in [6.07, 6.45) is 0. The molecule has 0 aromatic rings. The Bertz CT molecular complexity index is 128. The number of nitrogens with zero attached hydrogens (tertiary/aromatic N) is 6. The summed E-state index contributed by atoms with van der Waals surface area (Å²) in [4.78, 5) is 48.0. The van der Waals surface area contributed by atoms with Gasteiger partial charge in [0.15, 0.2) is 0 Å². The zero-order chi connectivity index (χ0) is 16.2. The van der Waals surface area contributed by atoms with Crippen LogP contribution >= 0.6 is 0 Å². The van der Waals surface area contributed by atoms with Crippen LogP contribution in [0.2, 0.25) is 0 Å². The Morgan fingerprint density at radius 3 is 0.292 bits per heavy atom. The zero-order valence-electron chi connectivity index (χ0n) is 13.6. The van der Waals surface area contributed by atoms with Gasteiger partial charge in [-0.3, -0.25) is 0 Å². The van der Waals surface area contributed by atoms with Gasteiger partial charge in [0.2, 0.25) is 0 Å². The largest absolute Gasteiger partial charge is 1.00 e. The second-order valence-corrected chi connectivity index (χ2v) is 0.447. The molecule has 0 saturated carbocycles. The van der Waals surface area contributed by atoms with Gasteiger partial charge in [0.25, 0.3) is 0 Å². The number of hydrogen-bond donors (Lipinski definition) is 0. The van der Waals surface area contributed by atoms with E-state index in [0.29, 0.717) is 0 Å². The smallest absolute Gasteiger partial charge is 0.444 e. The van der Waals surface area contributed by atoms with Crippen LogP contribution in [0.15, 0.2) is 32.0 Å². The molecule has 0 rings (SSSR count). The van der Waals surface area contributed by atoms with Gasteiger partial charge in [-0.15, -0.1) is 32.0 Å². The van der Waals surface area contributed by atoms with Crippen molar-refractivity contribution >= 4 is 0 Å². The van der Waals surface area contributed by atoms with Crippen LogP contribution in [0, 0.1) is 60.7 Å². The summed E-state index contributed by atoms with van der Waals surface area (Å²) in [5.41, 5.74) is 0. The van der Waals surface area contributed by atoms with Crippen LogP contribution in [0.1, 0.15) is 0 Å². The first-order chi connectivity index (χ1) is 8.49. The molecule has 0 radical (unpaired) electrons. The van der Waals surface area contributed by atoms with E-state index < -0.39 is 0 Å². The van der Waals surface area contributed by atoms with Gasteiger partial charge < -0.3 is 60.7 Å². The van der Waals surface area contributed by atoms with Gasteiger partial charge in [-0.05, 0) is 0 Å². The topological polar surface area (TPSA) is 315 Å². The summed E-state index contributed by atoms with van der Waals surface area (Å²) in [5.74, 6) is 0. The van der Waals surface area contributed by atoms with Crippen LogP contribution in [0.4, 0.5) is 0 Å². The Kier molecular flexibility index (Phi) is 505. The first-order valence-corrected chi connectivity index (χ1v) is 2.19. The van der Waals surface area contributed by atoms with E-state index in [4.69, 9.17) is 60.7 Å². The Balaban J connectivity index is -0.00000000686. The van der Waals surface area contributed by atoms with Crippen LogP contribution < -0.4 is 308 Å². The van der Waals surface area contributed by atoms with Gasteiger partial charge in [0, 0.05) is 0 Å². The minimum atomic E-state index is 0. The van der Waals surface area contributed by atoms with Crippen LogP contribution in [0.5, 0.6) is 0 Å². The molecule has 0 N–H and O–H groups in total. The molecule has 0 aromatic heterocycles. The van der Waals surface area contributed by atoms with Crippen molar-refractivity contribution in [1.82, 2.24) is 0 Å². The molecule has 0 bridgehead atoms. The first-order valence-electron chi connectivity index (χ1n) is 2.19. The average molecular weight is 511 g/mol. The Hall–Kier alpha value is 6.22. The van der Waals surface area contributed by atoms with E-state index in [1.807, 2.05) is 0 Å². The van der Waals surface area contributed by atoms with Crippen LogP contribution in [0.3, 0.4) is 0 Å². The van der Waals surface area contributed by atoms with Crippen LogP contribution in [-0.4, -0.2) is 0 Å². The van der Waals surface area contributed by atoms with Crippen molar-refractivity contribution in [2.75, 3.05) is 0 Å². The van der Waals surface area contributed by atoms with Crippen molar-refractivity contribution in [2.45, 2.75) is 0 Å². The van der Waals surface area contributed by atoms with Gasteiger partial charge in [-0.25, -0.2) is 0 Å². The zero-order valence-corrected chi connectivity index (χ0v) is 32.3. The average Bonchev–Trinajstić information content (AvgIpc) is 2.23. The fraction of sp³-hybridized carbons (Fsp3) is 0. The van der Waals surface area contributed by atoms with E-state index in [1.54, 1.807) is 0 Å². The Morgan fingerprint density at radius 1 is 0.292 bits per heavy atom. The molecule has 0 spiro atoms. The van der Waals surface area contributed by atoms with E-state index in [9.17, 15) is 0 Å². The summed E-state index contributed by atoms with van der Waals surface area (Å²) < 4.78 is 0. The van der Waals surface area contributed by atoms with Crippen molar-refractivity contribution in [3.63, 3.8) is 0 Å². The SMILES string of the molecule is O=N[O-].O=N[O-].O=N[O-].O=N[O-].O=N[O-].O=N[O-].[K+].[K+].[K+].[K+].[K+].[K+]. The maximum absolute atomic E-state index is 8.00. The van der Waals surface area contributed by atoms with Crippen LogP contribution in [-0.2, 0) is 0 Å². The van der Waals surface area contributed by atoms with Crippen molar-refractivity contribution in [1.29, 1.82) is 0 Å². The molecule has 0 atom stereocenters. The van der Waals surface area contributed by atoms with Gasteiger partial charge >= 0.3 is 308 Å². The molecule has 0 fully saturated rings. The third-order valence-electron chi connectivity index (χ3n) is 0. The minimum absolute atomic E-state index is 0. The molecule has 18 nitrogen and oxygen atoms in total. The molecule has 0 heterocycles. The molecule has 108 valence electrons. The summed E-state index contributed by atoms with van der Waals surface area (Å²) >= 11 is 0.